The summed E-state index contributed by atoms with van der Waals surface area (Å²) in [6, 6.07) is 4.25. The van der Waals surface area contributed by atoms with Gasteiger partial charge in [0, 0.05) is 23.9 Å². The quantitative estimate of drug-likeness (QED) is 0.619. The van der Waals surface area contributed by atoms with Crippen LogP contribution < -0.4 is 20.1 Å². The molecular weight excluding hydrogens is 316 g/mol. The topological polar surface area (TPSA) is 42.5 Å². The molecule has 0 bridgehead atoms. The minimum Gasteiger partial charge on any atom is -0.490 e. The maximum Gasteiger partial charge on any atom is 0.146 e. The number of thiophene rings is 2. The first-order valence-electron chi connectivity index (χ1n) is 7.32. The molecule has 0 aliphatic heterocycles. The predicted octanol–water partition coefficient (Wildman–Crippen LogP) is 3.31. The number of hydrogen-bond donors (Lipinski definition) is 2. The fraction of sp³-hybridized carbons (Fsp3) is 0.375. The van der Waals surface area contributed by atoms with Crippen molar-refractivity contribution in [3.8, 4) is 11.5 Å². The standard InChI is InChI=1S/C16H20N2O2S2/c1-17-5-7-19-13-11-3-9-22-16(11)14(20-8-6-18-2)12-4-10-21-15(12)13/h3-4,9-10,17-18H,5-8H2,1-2H3. The Bertz CT molecular complexity index is 640. The molecule has 0 radical (unpaired) electrons. The summed E-state index contributed by atoms with van der Waals surface area (Å²) < 4.78 is 14.4. The molecule has 0 atom stereocenters. The fourth-order valence-electron chi connectivity index (χ4n) is 2.37. The van der Waals surface area contributed by atoms with Crippen LogP contribution >= 0.6 is 22.7 Å². The summed E-state index contributed by atoms with van der Waals surface area (Å²) in [6.45, 7) is 2.99. The maximum atomic E-state index is 6.06. The maximum absolute atomic E-state index is 6.06. The number of rotatable bonds is 8. The highest BCUT2D eigenvalue weighted by Gasteiger charge is 2.18. The zero-order valence-corrected chi connectivity index (χ0v) is 14.4. The summed E-state index contributed by atoms with van der Waals surface area (Å²) in [6.07, 6.45) is 0. The van der Waals surface area contributed by atoms with Gasteiger partial charge in [0.1, 0.15) is 24.7 Å². The second-order valence-corrected chi connectivity index (χ2v) is 6.72. The Morgan fingerprint density at radius 2 is 1.27 bits per heavy atom. The van der Waals surface area contributed by atoms with Gasteiger partial charge >= 0.3 is 0 Å². The molecule has 22 heavy (non-hydrogen) atoms. The van der Waals surface area contributed by atoms with E-state index in [9.17, 15) is 0 Å². The van der Waals surface area contributed by atoms with E-state index in [2.05, 4.69) is 33.5 Å². The van der Waals surface area contributed by atoms with E-state index in [1.54, 1.807) is 22.7 Å². The molecule has 3 aromatic rings. The highest BCUT2D eigenvalue weighted by Crippen LogP contribution is 2.47. The summed E-state index contributed by atoms with van der Waals surface area (Å²) in [7, 11) is 3.87. The summed E-state index contributed by atoms with van der Waals surface area (Å²) in [4.78, 5) is 0. The predicted molar refractivity (Wildman–Crippen MR) is 96.1 cm³/mol. The van der Waals surface area contributed by atoms with Gasteiger partial charge in [0.05, 0.1) is 9.40 Å². The molecule has 0 aliphatic carbocycles. The van der Waals surface area contributed by atoms with Gasteiger partial charge in [0.2, 0.25) is 0 Å². The lowest BCUT2D eigenvalue weighted by Gasteiger charge is -2.13. The minimum atomic E-state index is 0.661. The van der Waals surface area contributed by atoms with Crippen LogP contribution in [0.15, 0.2) is 22.9 Å². The molecule has 6 heteroatoms. The van der Waals surface area contributed by atoms with Crippen molar-refractivity contribution in [1.82, 2.24) is 10.6 Å². The number of benzene rings is 1. The summed E-state index contributed by atoms with van der Waals surface area (Å²) in [5, 5.41) is 12.7. The van der Waals surface area contributed by atoms with Crippen LogP contribution in [0.4, 0.5) is 0 Å². The number of hydrogen-bond acceptors (Lipinski definition) is 6. The van der Waals surface area contributed by atoms with Crippen molar-refractivity contribution in [3.63, 3.8) is 0 Å². The first kappa shape index (κ1) is 15.6. The number of fused-ring (bicyclic) bond motifs is 2. The lowest BCUT2D eigenvalue weighted by atomic mass is 10.1. The molecule has 0 amide bonds. The van der Waals surface area contributed by atoms with Gasteiger partial charge in [-0.1, -0.05) is 0 Å². The van der Waals surface area contributed by atoms with Crippen molar-refractivity contribution in [2.45, 2.75) is 0 Å². The van der Waals surface area contributed by atoms with Gasteiger partial charge in [-0.15, -0.1) is 22.7 Å². The van der Waals surface area contributed by atoms with E-state index in [4.69, 9.17) is 9.47 Å². The van der Waals surface area contributed by atoms with Crippen LogP contribution in [-0.4, -0.2) is 40.4 Å². The van der Waals surface area contributed by atoms with E-state index >= 15 is 0 Å². The van der Waals surface area contributed by atoms with Gasteiger partial charge in [-0.05, 0) is 37.0 Å². The van der Waals surface area contributed by atoms with E-state index in [0.29, 0.717) is 13.2 Å². The molecule has 3 rings (SSSR count). The normalized spacial score (nSPS) is 11.4. The molecule has 2 N–H and O–H groups in total. The van der Waals surface area contributed by atoms with Gasteiger partial charge in [0.15, 0.2) is 0 Å². The monoisotopic (exact) mass is 336 g/mol. The Kier molecular flexibility index (Phi) is 5.15. The van der Waals surface area contributed by atoms with Crippen LogP contribution in [0.1, 0.15) is 0 Å². The Labute approximate surface area is 138 Å². The largest absolute Gasteiger partial charge is 0.490 e. The van der Waals surface area contributed by atoms with E-state index < -0.39 is 0 Å². The molecular formula is C16H20N2O2S2. The first-order valence-corrected chi connectivity index (χ1v) is 9.08. The van der Waals surface area contributed by atoms with Crippen LogP contribution in [0, 0.1) is 0 Å². The third-order valence-corrected chi connectivity index (χ3v) is 5.26. The molecule has 0 aliphatic rings. The van der Waals surface area contributed by atoms with Crippen molar-refractivity contribution in [3.05, 3.63) is 22.9 Å². The fourth-order valence-corrected chi connectivity index (χ4v) is 4.18. The molecule has 4 nitrogen and oxygen atoms in total. The zero-order chi connectivity index (χ0) is 15.4. The molecule has 0 saturated carbocycles. The lowest BCUT2D eigenvalue weighted by molar-refractivity contribution is 0.321. The van der Waals surface area contributed by atoms with Gasteiger partial charge in [-0.25, -0.2) is 0 Å². The van der Waals surface area contributed by atoms with Gasteiger partial charge < -0.3 is 20.1 Å². The highest BCUT2D eigenvalue weighted by molar-refractivity contribution is 7.19. The average molecular weight is 336 g/mol. The van der Waals surface area contributed by atoms with Crippen molar-refractivity contribution in [2.75, 3.05) is 40.4 Å². The third kappa shape index (κ3) is 2.92. The SMILES string of the molecule is CNCCOc1c2ccsc2c(OCCNC)c2ccsc12. The summed E-state index contributed by atoms with van der Waals surface area (Å²) in [5.41, 5.74) is 0. The van der Waals surface area contributed by atoms with Crippen molar-refractivity contribution >= 4 is 42.8 Å². The van der Waals surface area contributed by atoms with Crippen LogP contribution in [0.3, 0.4) is 0 Å². The average Bonchev–Trinajstić information content (AvgIpc) is 3.18. The van der Waals surface area contributed by atoms with Crippen LogP contribution in [-0.2, 0) is 0 Å². The smallest absolute Gasteiger partial charge is 0.146 e. The third-order valence-electron chi connectivity index (χ3n) is 3.43. The number of ether oxygens (including phenoxy) is 2. The van der Waals surface area contributed by atoms with Crippen molar-refractivity contribution in [1.29, 1.82) is 0 Å². The second-order valence-electron chi connectivity index (χ2n) is 4.89. The molecule has 118 valence electrons. The molecule has 0 saturated heterocycles. The van der Waals surface area contributed by atoms with Crippen molar-refractivity contribution in [2.24, 2.45) is 0 Å². The number of nitrogens with one attached hydrogen (secondary N) is 2. The van der Waals surface area contributed by atoms with Gasteiger partial charge in [-0.2, -0.15) is 0 Å². The van der Waals surface area contributed by atoms with Gasteiger partial charge in [0.25, 0.3) is 0 Å². The Morgan fingerprint density at radius 3 is 1.68 bits per heavy atom. The molecule has 0 fully saturated rings. The Balaban J connectivity index is 2.05. The molecule has 2 heterocycles. The Morgan fingerprint density at radius 1 is 0.818 bits per heavy atom. The molecule has 0 unspecified atom stereocenters. The minimum absolute atomic E-state index is 0.661. The van der Waals surface area contributed by atoms with Crippen LogP contribution in [0.5, 0.6) is 11.5 Å². The van der Waals surface area contributed by atoms with Crippen LogP contribution in [0.25, 0.3) is 20.2 Å². The van der Waals surface area contributed by atoms with E-state index in [-0.39, 0.29) is 0 Å². The lowest BCUT2D eigenvalue weighted by Crippen LogP contribution is -2.16. The first-order chi connectivity index (χ1) is 10.9. The highest BCUT2D eigenvalue weighted by atomic mass is 32.1. The van der Waals surface area contributed by atoms with E-state index in [0.717, 1.165) is 35.4 Å². The Hall–Kier alpha value is -1.34. The van der Waals surface area contributed by atoms with Gasteiger partial charge in [-0.3, -0.25) is 0 Å². The molecule has 2 aromatic heterocycles. The van der Waals surface area contributed by atoms with Crippen LogP contribution in [0.2, 0.25) is 0 Å². The van der Waals surface area contributed by atoms with Crippen molar-refractivity contribution < 1.29 is 9.47 Å². The second kappa shape index (κ2) is 7.28. The molecule has 1 aromatic carbocycles. The molecule has 0 spiro atoms. The summed E-state index contributed by atoms with van der Waals surface area (Å²) in [5.74, 6) is 1.97. The van der Waals surface area contributed by atoms with E-state index in [1.165, 1.54) is 9.40 Å². The summed E-state index contributed by atoms with van der Waals surface area (Å²) >= 11 is 3.41. The van der Waals surface area contributed by atoms with E-state index in [1.807, 2.05) is 14.1 Å². The number of likely N-dealkylation sites (N-methyl/N-ethyl adjacent to an activating group) is 2. The zero-order valence-electron chi connectivity index (χ0n) is 12.8.